The molecular formula is C27H23FN4O4. The van der Waals surface area contributed by atoms with Crippen molar-refractivity contribution in [3.63, 3.8) is 0 Å². The highest BCUT2D eigenvalue weighted by Crippen LogP contribution is 2.29. The lowest BCUT2D eigenvalue weighted by atomic mass is 9.99. The second-order valence-corrected chi connectivity index (χ2v) is 7.93. The molecular weight excluding hydrogens is 463 g/mol. The Morgan fingerprint density at radius 2 is 1.72 bits per heavy atom. The fourth-order valence-electron chi connectivity index (χ4n) is 3.62. The summed E-state index contributed by atoms with van der Waals surface area (Å²) in [5.74, 6) is -1.15. The van der Waals surface area contributed by atoms with Crippen molar-refractivity contribution < 1.29 is 23.8 Å². The van der Waals surface area contributed by atoms with Crippen LogP contribution in [0.3, 0.4) is 0 Å². The van der Waals surface area contributed by atoms with Crippen LogP contribution in [0.2, 0.25) is 0 Å². The first-order valence-corrected chi connectivity index (χ1v) is 11.1. The van der Waals surface area contributed by atoms with Crippen molar-refractivity contribution in [2.75, 3.05) is 5.32 Å². The average Bonchev–Trinajstić information content (AvgIpc) is 2.88. The summed E-state index contributed by atoms with van der Waals surface area (Å²) in [5.41, 5.74) is 8.46. The molecule has 0 unspecified atom stereocenters. The van der Waals surface area contributed by atoms with E-state index in [9.17, 15) is 19.1 Å². The van der Waals surface area contributed by atoms with Crippen molar-refractivity contribution in [3.05, 3.63) is 107 Å². The first-order valence-electron chi connectivity index (χ1n) is 11.1. The fourth-order valence-corrected chi connectivity index (χ4v) is 3.62. The second kappa shape index (κ2) is 11.2. The third-order valence-electron chi connectivity index (χ3n) is 5.29. The monoisotopic (exact) mass is 486 g/mol. The zero-order valence-corrected chi connectivity index (χ0v) is 19.1. The normalized spacial score (nSPS) is 10.6. The predicted octanol–water partition coefficient (Wildman–Crippen LogP) is 4.20. The number of carboxylic acids is 1. The number of nitrogens with one attached hydrogen (secondary N) is 1. The van der Waals surface area contributed by atoms with E-state index in [2.05, 4.69) is 15.3 Å². The number of benzene rings is 3. The minimum Gasteiger partial charge on any atom is -0.486 e. The van der Waals surface area contributed by atoms with Gasteiger partial charge in [-0.2, -0.15) is 0 Å². The summed E-state index contributed by atoms with van der Waals surface area (Å²) in [6.45, 7) is 0.212. The maximum atomic E-state index is 14.2. The van der Waals surface area contributed by atoms with Gasteiger partial charge in [-0.25, -0.2) is 14.4 Å². The third-order valence-corrected chi connectivity index (χ3v) is 5.29. The molecule has 4 rings (SSSR count). The highest BCUT2D eigenvalue weighted by molar-refractivity contribution is 6.06. The summed E-state index contributed by atoms with van der Waals surface area (Å²) in [6.07, 6.45) is 2.94. The first-order chi connectivity index (χ1) is 17.4. The highest BCUT2D eigenvalue weighted by Gasteiger charge is 2.15. The van der Waals surface area contributed by atoms with E-state index in [1.165, 1.54) is 12.1 Å². The minimum absolute atomic E-state index is 0.0595. The molecule has 0 fully saturated rings. The van der Waals surface area contributed by atoms with E-state index in [1.807, 2.05) is 0 Å². The van der Waals surface area contributed by atoms with E-state index in [1.54, 1.807) is 67.0 Å². The van der Waals surface area contributed by atoms with Gasteiger partial charge in [0, 0.05) is 30.2 Å². The van der Waals surface area contributed by atoms with Crippen LogP contribution in [0.4, 0.5) is 10.1 Å². The number of aromatic nitrogens is 2. The lowest BCUT2D eigenvalue weighted by molar-refractivity contribution is -0.136. The number of nitrogens with zero attached hydrogens (tertiary/aromatic N) is 2. The van der Waals surface area contributed by atoms with Crippen LogP contribution >= 0.6 is 0 Å². The molecule has 9 heteroatoms. The van der Waals surface area contributed by atoms with Crippen LogP contribution in [0.15, 0.2) is 79.1 Å². The summed E-state index contributed by atoms with van der Waals surface area (Å²) < 4.78 is 20.1. The Bertz CT molecular complexity index is 1400. The number of nitrogens with two attached hydrogens (primary N) is 1. The quantitative estimate of drug-likeness (QED) is 0.324. The number of carboxylic acid groups (broad SMARTS) is 1. The van der Waals surface area contributed by atoms with Gasteiger partial charge in [-0.1, -0.05) is 18.2 Å². The first kappa shape index (κ1) is 24.5. The smallest absolute Gasteiger partial charge is 0.307 e. The molecule has 0 aliphatic rings. The number of hydrogen-bond donors (Lipinski definition) is 3. The molecule has 0 saturated carbocycles. The van der Waals surface area contributed by atoms with Gasteiger partial charge in [0.1, 0.15) is 18.2 Å². The van der Waals surface area contributed by atoms with Gasteiger partial charge in [0.25, 0.3) is 5.91 Å². The van der Waals surface area contributed by atoms with Crippen LogP contribution in [0.25, 0.3) is 11.1 Å². The van der Waals surface area contributed by atoms with Gasteiger partial charge in [0.15, 0.2) is 5.82 Å². The zero-order chi connectivity index (χ0) is 25.5. The fraction of sp³-hybridized carbons (Fsp3) is 0.111. The van der Waals surface area contributed by atoms with E-state index in [0.29, 0.717) is 39.5 Å². The van der Waals surface area contributed by atoms with Crippen molar-refractivity contribution in [2.45, 2.75) is 19.6 Å². The molecule has 1 heterocycles. The maximum absolute atomic E-state index is 14.2. The Morgan fingerprint density at radius 1 is 0.972 bits per heavy atom. The van der Waals surface area contributed by atoms with Gasteiger partial charge in [0.05, 0.1) is 6.42 Å². The summed E-state index contributed by atoms with van der Waals surface area (Å²) in [7, 11) is 0. The minimum atomic E-state index is -1.01. The summed E-state index contributed by atoms with van der Waals surface area (Å²) in [4.78, 5) is 32.7. The average molecular weight is 487 g/mol. The zero-order valence-electron chi connectivity index (χ0n) is 19.1. The van der Waals surface area contributed by atoms with Gasteiger partial charge in [0.2, 0.25) is 0 Å². The number of anilines is 1. The molecule has 0 radical (unpaired) electrons. The number of carbonyl (C=O) groups excluding carboxylic acids is 1. The molecule has 0 saturated heterocycles. The molecule has 0 aliphatic carbocycles. The molecule has 3 aromatic carbocycles. The molecule has 0 aliphatic heterocycles. The number of hydrogen-bond acceptors (Lipinski definition) is 6. The van der Waals surface area contributed by atoms with E-state index in [0.717, 1.165) is 0 Å². The highest BCUT2D eigenvalue weighted by atomic mass is 19.1. The van der Waals surface area contributed by atoms with Crippen molar-refractivity contribution >= 4 is 17.6 Å². The Kier molecular flexibility index (Phi) is 7.62. The molecule has 0 spiro atoms. The van der Waals surface area contributed by atoms with Gasteiger partial charge in [-0.05, 0) is 70.8 Å². The number of carbonyl (C=O) groups is 2. The van der Waals surface area contributed by atoms with E-state index >= 15 is 0 Å². The second-order valence-electron chi connectivity index (χ2n) is 7.93. The number of halogens is 1. The Morgan fingerprint density at radius 3 is 2.47 bits per heavy atom. The lowest BCUT2D eigenvalue weighted by Gasteiger charge is -2.14. The largest absolute Gasteiger partial charge is 0.486 e. The Labute approximate surface area is 206 Å². The number of rotatable bonds is 9. The summed E-state index contributed by atoms with van der Waals surface area (Å²) in [5, 5.41) is 11.9. The van der Waals surface area contributed by atoms with Crippen LogP contribution < -0.4 is 15.8 Å². The van der Waals surface area contributed by atoms with Gasteiger partial charge in [-0.3, -0.25) is 9.59 Å². The van der Waals surface area contributed by atoms with Crippen LogP contribution in [-0.4, -0.2) is 27.0 Å². The van der Waals surface area contributed by atoms with Crippen molar-refractivity contribution in [2.24, 2.45) is 5.73 Å². The number of para-hydroxylation sites is 1. The van der Waals surface area contributed by atoms with Crippen LogP contribution in [0.5, 0.6) is 5.75 Å². The van der Waals surface area contributed by atoms with Gasteiger partial charge >= 0.3 is 5.97 Å². The summed E-state index contributed by atoms with van der Waals surface area (Å²) >= 11 is 0. The molecule has 36 heavy (non-hydrogen) atoms. The molecule has 0 bridgehead atoms. The van der Waals surface area contributed by atoms with Crippen LogP contribution in [0.1, 0.15) is 27.3 Å². The molecule has 1 amide bonds. The molecule has 8 nitrogen and oxygen atoms in total. The van der Waals surface area contributed by atoms with E-state index < -0.39 is 17.7 Å². The van der Waals surface area contributed by atoms with E-state index in [-0.39, 0.29) is 25.1 Å². The van der Waals surface area contributed by atoms with Crippen molar-refractivity contribution in [3.8, 4) is 16.9 Å². The van der Waals surface area contributed by atoms with E-state index in [4.69, 9.17) is 10.5 Å². The standard InChI is InChI=1S/C27H23FN4O4/c28-22-9-17(15-29)8-19(11-22)20-10-21(13-23(12-20)36-16-25-30-6-3-7-31-25)27(35)32-24-5-2-1-4-18(24)14-26(33)34/h1-13H,14-16,29H2,(H,32,35)(H,33,34). The van der Waals surface area contributed by atoms with Crippen LogP contribution in [0, 0.1) is 5.82 Å². The number of amides is 1. The Balaban J connectivity index is 1.69. The van der Waals surface area contributed by atoms with Crippen LogP contribution in [-0.2, 0) is 24.4 Å². The number of aliphatic carboxylic acids is 1. The molecule has 0 atom stereocenters. The molecule has 4 aromatic rings. The van der Waals surface area contributed by atoms with Gasteiger partial charge < -0.3 is 20.9 Å². The summed E-state index contributed by atoms with van der Waals surface area (Å²) in [6, 6.07) is 17.6. The predicted molar refractivity (Wildman–Crippen MR) is 132 cm³/mol. The SMILES string of the molecule is NCc1cc(F)cc(-c2cc(OCc3ncccn3)cc(C(=O)Nc3ccccc3CC(=O)O)c2)c1. The molecule has 1 aromatic heterocycles. The van der Waals surface area contributed by atoms with Crippen molar-refractivity contribution in [1.29, 1.82) is 0 Å². The van der Waals surface area contributed by atoms with Crippen molar-refractivity contribution in [1.82, 2.24) is 9.97 Å². The third kappa shape index (κ3) is 6.28. The Hall–Kier alpha value is -4.63. The topological polar surface area (TPSA) is 127 Å². The number of ether oxygens (including phenoxy) is 1. The van der Waals surface area contributed by atoms with Gasteiger partial charge in [-0.15, -0.1) is 0 Å². The lowest BCUT2D eigenvalue weighted by Crippen LogP contribution is -2.15. The molecule has 182 valence electrons. The maximum Gasteiger partial charge on any atom is 0.307 e. The molecule has 4 N–H and O–H groups in total.